The SMILES string of the molecule is CCOc1cccc(C(CCC2CCCCC2)NC)c1. The molecule has 1 saturated carbocycles. The Kier molecular flexibility index (Phi) is 6.38. The molecule has 2 heteroatoms. The van der Waals surface area contributed by atoms with Gasteiger partial charge in [0.1, 0.15) is 5.75 Å². The zero-order valence-electron chi connectivity index (χ0n) is 13.0. The Balaban J connectivity index is 1.91. The Morgan fingerprint density at radius 3 is 2.75 bits per heavy atom. The van der Waals surface area contributed by atoms with Gasteiger partial charge in [0.2, 0.25) is 0 Å². The predicted molar refractivity (Wildman–Crippen MR) is 85.2 cm³/mol. The van der Waals surface area contributed by atoms with Crippen LogP contribution in [-0.4, -0.2) is 13.7 Å². The molecule has 20 heavy (non-hydrogen) atoms. The summed E-state index contributed by atoms with van der Waals surface area (Å²) in [6.45, 7) is 2.76. The van der Waals surface area contributed by atoms with Crippen LogP contribution in [0.2, 0.25) is 0 Å². The third-order valence-electron chi connectivity index (χ3n) is 4.51. The molecule has 0 heterocycles. The van der Waals surface area contributed by atoms with Crippen LogP contribution < -0.4 is 10.1 Å². The monoisotopic (exact) mass is 275 g/mol. The van der Waals surface area contributed by atoms with E-state index in [1.807, 2.05) is 13.0 Å². The van der Waals surface area contributed by atoms with Crippen molar-refractivity contribution in [2.45, 2.75) is 57.9 Å². The molecule has 2 nitrogen and oxygen atoms in total. The minimum absolute atomic E-state index is 0.456. The van der Waals surface area contributed by atoms with Crippen molar-refractivity contribution in [3.05, 3.63) is 29.8 Å². The lowest BCUT2D eigenvalue weighted by Crippen LogP contribution is -2.18. The average molecular weight is 275 g/mol. The minimum Gasteiger partial charge on any atom is -0.494 e. The first kappa shape index (κ1) is 15.4. The molecule has 1 N–H and O–H groups in total. The van der Waals surface area contributed by atoms with Crippen molar-refractivity contribution >= 4 is 0 Å². The number of benzene rings is 1. The highest BCUT2D eigenvalue weighted by molar-refractivity contribution is 5.30. The summed E-state index contributed by atoms with van der Waals surface area (Å²) in [6, 6.07) is 9.00. The van der Waals surface area contributed by atoms with Gasteiger partial charge in [-0.1, -0.05) is 44.2 Å². The summed E-state index contributed by atoms with van der Waals surface area (Å²) in [5.74, 6) is 1.94. The van der Waals surface area contributed by atoms with E-state index in [4.69, 9.17) is 4.74 Å². The second kappa shape index (κ2) is 8.31. The van der Waals surface area contributed by atoms with Crippen LogP contribution >= 0.6 is 0 Å². The molecule has 1 atom stereocenters. The molecule has 1 fully saturated rings. The third-order valence-corrected chi connectivity index (χ3v) is 4.51. The van der Waals surface area contributed by atoms with Crippen LogP contribution in [-0.2, 0) is 0 Å². The van der Waals surface area contributed by atoms with Gasteiger partial charge in [0.25, 0.3) is 0 Å². The maximum absolute atomic E-state index is 5.61. The summed E-state index contributed by atoms with van der Waals surface area (Å²) < 4.78 is 5.61. The van der Waals surface area contributed by atoms with E-state index in [9.17, 15) is 0 Å². The molecule has 1 unspecified atom stereocenters. The van der Waals surface area contributed by atoms with Crippen LogP contribution in [0.15, 0.2) is 24.3 Å². The lowest BCUT2D eigenvalue weighted by molar-refractivity contribution is 0.316. The van der Waals surface area contributed by atoms with Crippen molar-refractivity contribution in [2.75, 3.05) is 13.7 Å². The van der Waals surface area contributed by atoms with E-state index >= 15 is 0 Å². The first-order chi connectivity index (χ1) is 9.83. The van der Waals surface area contributed by atoms with E-state index in [0.717, 1.165) is 18.3 Å². The first-order valence-corrected chi connectivity index (χ1v) is 8.23. The molecule has 1 aliphatic carbocycles. The van der Waals surface area contributed by atoms with Gasteiger partial charge in [-0.15, -0.1) is 0 Å². The van der Waals surface area contributed by atoms with Gasteiger partial charge < -0.3 is 10.1 Å². The van der Waals surface area contributed by atoms with Gasteiger partial charge in [0.05, 0.1) is 6.61 Å². The molecule has 112 valence electrons. The molecule has 0 spiro atoms. The fourth-order valence-electron chi connectivity index (χ4n) is 3.34. The van der Waals surface area contributed by atoms with E-state index in [1.54, 1.807) is 0 Å². The van der Waals surface area contributed by atoms with Crippen LogP contribution in [0.5, 0.6) is 5.75 Å². The summed E-state index contributed by atoms with van der Waals surface area (Å²) in [5, 5.41) is 3.47. The van der Waals surface area contributed by atoms with E-state index in [0.29, 0.717) is 6.04 Å². The number of hydrogen-bond donors (Lipinski definition) is 1. The van der Waals surface area contributed by atoms with E-state index < -0.39 is 0 Å². The van der Waals surface area contributed by atoms with Crippen LogP contribution in [0, 0.1) is 5.92 Å². The molecular weight excluding hydrogens is 246 g/mol. The summed E-state index contributed by atoms with van der Waals surface area (Å²) in [5.41, 5.74) is 1.36. The van der Waals surface area contributed by atoms with E-state index in [1.165, 1.54) is 50.5 Å². The molecule has 2 rings (SSSR count). The standard InChI is InChI=1S/C18H29NO/c1-3-20-17-11-7-10-16(14-17)18(19-2)13-12-15-8-5-4-6-9-15/h7,10-11,14-15,18-19H,3-6,8-9,12-13H2,1-2H3. The molecule has 0 radical (unpaired) electrons. The van der Waals surface area contributed by atoms with Crippen molar-refractivity contribution < 1.29 is 4.74 Å². The quantitative estimate of drug-likeness (QED) is 0.778. The van der Waals surface area contributed by atoms with Crippen LogP contribution in [0.4, 0.5) is 0 Å². The Morgan fingerprint density at radius 1 is 1.25 bits per heavy atom. The van der Waals surface area contributed by atoms with Gasteiger partial charge >= 0.3 is 0 Å². The fraction of sp³-hybridized carbons (Fsp3) is 0.667. The second-order valence-electron chi connectivity index (χ2n) is 5.93. The van der Waals surface area contributed by atoms with E-state index in [2.05, 4.69) is 30.6 Å². The van der Waals surface area contributed by atoms with Gasteiger partial charge in [-0.25, -0.2) is 0 Å². The van der Waals surface area contributed by atoms with Gasteiger partial charge in [-0.3, -0.25) is 0 Å². The molecular formula is C18H29NO. The largest absolute Gasteiger partial charge is 0.494 e. The number of nitrogens with one attached hydrogen (secondary N) is 1. The topological polar surface area (TPSA) is 21.3 Å². The molecule has 1 aromatic rings. The highest BCUT2D eigenvalue weighted by atomic mass is 16.5. The Labute approximate surface area is 123 Å². The Morgan fingerprint density at radius 2 is 2.05 bits per heavy atom. The number of rotatable bonds is 7. The highest BCUT2D eigenvalue weighted by Gasteiger charge is 2.16. The smallest absolute Gasteiger partial charge is 0.119 e. The minimum atomic E-state index is 0.456. The van der Waals surface area contributed by atoms with Crippen LogP contribution in [0.3, 0.4) is 0 Å². The van der Waals surface area contributed by atoms with Crippen LogP contribution in [0.25, 0.3) is 0 Å². The van der Waals surface area contributed by atoms with Gasteiger partial charge in [0, 0.05) is 6.04 Å². The molecule has 1 aromatic carbocycles. The summed E-state index contributed by atoms with van der Waals surface area (Å²) in [6.07, 6.45) is 9.79. The summed E-state index contributed by atoms with van der Waals surface area (Å²) in [7, 11) is 2.07. The normalized spacial score (nSPS) is 17.9. The second-order valence-corrected chi connectivity index (χ2v) is 5.93. The van der Waals surface area contributed by atoms with Crippen LogP contribution in [0.1, 0.15) is 63.5 Å². The molecule has 0 bridgehead atoms. The van der Waals surface area contributed by atoms with Crippen molar-refractivity contribution in [1.82, 2.24) is 5.32 Å². The molecule has 1 aliphatic rings. The van der Waals surface area contributed by atoms with Gasteiger partial charge in [-0.2, -0.15) is 0 Å². The van der Waals surface area contributed by atoms with Crippen molar-refractivity contribution in [1.29, 1.82) is 0 Å². The average Bonchev–Trinajstić information content (AvgIpc) is 2.50. The van der Waals surface area contributed by atoms with Crippen molar-refractivity contribution in [2.24, 2.45) is 5.92 Å². The predicted octanol–water partition coefficient (Wildman–Crippen LogP) is 4.71. The Hall–Kier alpha value is -1.02. The fourth-order valence-corrected chi connectivity index (χ4v) is 3.34. The third kappa shape index (κ3) is 4.52. The lowest BCUT2D eigenvalue weighted by Gasteiger charge is -2.24. The first-order valence-electron chi connectivity index (χ1n) is 8.23. The maximum atomic E-state index is 5.61. The lowest BCUT2D eigenvalue weighted by atomic mass is 9.84. The van der Waals surface area contributed by atoms with Gasteiger partial charge in [-0.05, 0) is 50.4 Å². The number of hydrogen-bond acceptors (Lipinski definition) is 2. The van der Waals surface area contributed by atoms with E-state index in [-0.39, 0.29) is 0 Å². The summed E-state index contributed by atoms with van der Waals surface area (Å²) >= 11 is 0. The zero-order valence-corrected chi connectivity index (χ0v) is 13.0. The van der Waals surface area contributed by atoms with Gasteiger partial charge in [0.15, 0.2) is 0 Å². The zero-order chi connectivity index (χ0) is 14.2. The van der Waals surface area contributed by atoms with Crippen molar-refractivity contribution in [3.63, 3.8) is 0 Å². The highest BCUT2D eigenvalue weighted by Crippen LogP contribution is 2.31. The summed E-state index contributed by atoms with van der Waals surface area (Å²) in [4.78, 5) is 0. The molecule has 0 aromatic heterocycles. The molecule has 0 aliphatic heterocycles. The van der Waals surface area contributed by atoms with Crippen molar-refractivity contribution in [3.8, 4) is 5.75 Å². The Bertz CT molecular complexity index is 385. The number of ether oxygens (including phenoxy) is 1. The molecule has 0 amide bonds. The molecule has 0 saturated heterocycles. The maximum Gasteiger partial charge on any atom is 0.119 e.